The van der Waals surface area contributed by atoms with Crippen molar-refractivity contribution >= 4 is 5.69 Å². The maximum atomic E-state index is 14.5. The SMILES string of the molecule is CC1(C)CCN(c2cc(C3CC3c3cnc(-c4ncccn4)nc3)cc(F)c2F)C1. The molecule has 1 saturated carbocycles. The lowest BCUT2D eigenvalue weighted by molar-refractivity contribution is 0.417. The van der Waals surface area contributed by atoms with Gasteiger partial charge in [-0.15, -0.1) is 0 Å². The van der Waals surface area contributed by atoms with Gasteiger partial charge in [-0.25, -0.2) is 28.7 Å². The van der Waals surface area contributed by atoms with E-state index in [0.717, 1.165) is 37.1 Å². The quantitative estimate of drug-likeness (QED) is 0.626. The zero-order chi connectivity index (χ0) is 20.9. The minimum absolute atomic E-state index is 0.114. The van der Waals surface area contributed by atoms with Crippen molar-refractivity contribution in [3.8, 4) is 11.6 Å². The summed E-state index contributed by atoms with van der Waals surface area (Å²) in [5.41, 5.74) is 2.33. The summed E-state index contributed by atoms with van der Waals surface area (Å²) in [7, 11) is 0. The molecule has 0 spiro atoms. The monoisotopic (exact) mass is 407 g/mol. The van der Waals surface area contributed by atoms with Gasteiger partial charge >= 0.3 is 0 Å². The number of anilines is 1. The van der Waals surface area contributed by atoms with Crippen LogP contribution >= 0.6 is 0 Å². The van der Waals surface area contributed by atoms with Gasteiger partial charge in [0.1, 0.15) is 0 Å². The molecule has 1 aliphatic heterocycles. The molecule has 0 radical (unpaired) electrons. The van der Waals surface area contributed by atoms with E-state index in [1.165, 1.54) is 6.07 Å². The van der Waals surface area contributed by atoms with E-state index in [2.05, 4.69) is 33.8 Å². The Morgan fingerprint density at radius 1 is 0.933 bits per heavy atom. The van der Waals surface area contributed by atoms with E-state index in [9.17, 15) is 8.78 Å². The zero-order valence-electron chi connectivity index (χ0n) is 17.0. The normalized spacial score (nSPS) is 22.3. The summed E-state index contributed by atoms with van der Waals surface area (Å²) >= 11 is 0. The van der Waals surface area contributed by atoms with Crippen LogP contribution in [0.1, 0.15) is 49.7 Å². The van der Waals surface area contributed by atoms with Gasteiger partial charge in [0, 0.05) is 37.9 Å². The minimum atomic E-state index is -0.773. The van der Waals surface area contributed by atoms with Crippen molar-refractivity contribution in [3.63, 3.8) is 0 Å². The maximum Gasteiger partial charge on any atom is 0.197 e. The van der Waals surface area contributed by atoms with Gasteiger partial charge in [0.05, 0.1) is 5.69 Å². The van der Waals surface area contributed by atoms with Gasteiger partial charge in [0.2, 0.25) is 0 Å². The van der Waals surface area contributed by atoms with Crippen LogP contribution < -0.4 is 4.90 Å². The van der Waals surface area contributed by atoms with E-state index in [1.807, 2.05) is 11.0 Å². The summed E-state index contributed by atoms with van der Waals surface area (Å²) < 4.78 is 29.0. The molecule has 1 aromatic carbocycles. The van der Waals surface area contributed by atoms with Gasteiger partial charge in [-0.3, -0.25) is 0 Å². The van der Waals surface area contributed by atoms with E-state index in [1.54, 1.807) is 30.9 Å². The highest BCUT2D eigenvalue weighted by molar-refractivity contribution is 5.54. The van der Waals surface area contributed by atoms with Crippen LogP contribution in [-0.4, -0.2) is 33.0 Å². The first kappa shape index (κ1) is 19.0. The largest absolute Gasteiger partial charge is 0.369 e. The molecule has 1 saturated heterocycles. The summed E-state index contributed by atoms with van der Waals surface area (Å²) in [6, 6.07) is 4.92. The van der Waals surface area contributed by atoms with Crippen molar-refractivity contribution in [1.82, 2.24) is 19.9 Å². The van der Waals surface area contributed by atoms with Crippen molar-refractivity contribution in [2.24, 2.45) is 5.41 Å². The molecule has 3 aromatic rings. The van der Waals surface area contributed by atoms with Gasteiger partial charge in [-0.1, -0.05) is 13.8 Å². The van der Waals surface area contributed by atoms with Crippen LogP contribution in [0.3, 0.4) is 0 Å². The van der Waals surface area contributed by atoms with Crippen molar-refractivity contribution < 1.29 is 8.78 Å². The van der Waals surface area contributed by atoms with Gasteiger partial charge in [0.25, 0.3) is 0 Å². The molecule has 2 atom stereocenters. The lowest BCUT2D eigenvalue weighted by atomic mass is 9.93. The van der Waals surface area contributed by atoms with E-state index in [-0.39, 0.29) is 17.3 Å². The highest BCUT2D eigenvalue weighted by Crippen LogP contribution is 2.55. The highest BCUT2D eigenvalue weighted by Gasteiger charge is 2.41. The fourth-order valence-corrected chi connectivity index (χ4v) is 4.35. The van der Waals surface area contributed by atoms with Crippen LogP contribution in [0.25, 0.3) is 11.6 Å². The second-order valence-electron chi connectivity index (χ2n) is 9.03. The molecule has 7 heteroatoms. The van der Waals surface area contributed by atoms with Crippen molar-refractivity contribution in [3.05, 3.63) is 65.7 Å². The fraction of sp³-hybridized carbons (Fsp3) is 0.391. The summed E-state index contributed by atoms with van der Waals surface area (Å²) in [5.74, 6) is -0.200. The predicted molar refractivity (Wildman–Crippen MR) is 110 cm³/mol. The molecule has 2 fully saturated rings. The Bertz CT molecular complexity index is 1070. The Kier molecular flexibility index (Phi) is 4.49. The molecule has 154 valence electrons. The summed E-state index contributed by atoms with van der Waals surface area (Å²) in [6.45, 7) is 5.80. The molecule has 0 amide bonds. The van der Waals surface area contributed by atoms with Crippen molar-refractivity contribution in [1.29, 1.82) is 0 Å². The Balaban J connectivity index is 1.36. The van der Waals surface area contributed by atoms with Crippen LogP contribution in [0.5, 0.6) is 0 Å². The predicted octanol–water partition coefficient (Wildman–Crippen LogP) is 4.72. The van der Waals surface area contributed by atoms with Crippen LogP contribution in [-0.2, 0) is 0 Å². The Morgan fingerprint density at radius 2 is 1.60 bits per heavy atom. The molecule has 1 aliphatic carbocycles. The van der Waals surface area contributed by atoms with E-state index >= 15 is 0 Å². The number of hydrogen-bond acceptors (Lipinski definition) is 5. The zero-order valence-corrected chi connectivity index (χ0v) is 17.0. The molecule has 2 unspecified atom stereocenters. The van der Waals surface area contributed by atoms with Crippen molar-refractivity contribution in [2.75, 3.05) is 18.0 Å². The van der Waals surface area contributed by atoms with Gasteiger partial charge in [-0.05, 0) is 59.4 Å². The van der Waals surface area contributed by atoms with Gasteiger partial charge < -0.3 is 4.90 Å². The van der Waals surface area contributed by atoms with Crippen LogP contribution in [0.4, 0.5) is 14.5 Å². The van der Waals surface area contributed by atoms with Gasteiger partial charge in [-0.2, -0.15) is 0 Å². The molecule has 0 bridgehead atoms. The fourth-order valence-electron chi connectivity index (χ4n) is 4.35. The third-order valence-corrected chi connectivity index (χ3v) is 6.13. The van der Waals surface area contributed by atoms with Gasteiger partial charge in [0.15, 0.2) is 23.3 Å². The molecule has 0 N–H and O–H groups in total. The number of benzene rings is 1. The average Bonchev–Trinajstić information content (AvgIpc) is 3.47. The second kappa shape index (κ2) is 7.07. The lowest BCUT2D eigenvalue weighted by Crippen LogP contribution is -2.24. The van der Waals surface area contributed by atoms with Crippen LogP contribution in [0.2, 0.25) is 0 Å². The van der Waals surface area contributed by atoms with Crippen molar-refractivity contribution in [2.45, 2.75) is 38.5 Å². The highest BCUT2D eigenvalue weighted by atomic mass is 19.2. The third-order valence-electron chi connectivity index (χ3n) is 6.13. The molecule has 2 aliphatic rings. The Hall–Kier alpha value is -2.96. The average molecular weight is 407 g/mol. The van der Waals surface area contributed by atoms with Crippen LogP contribution in [0.15, 0.2) is 43.0 Å². The number of halogens is 2. The molecular weight excluding hydrogens is 384 g/mol. The second-order valence-corrected chi connectivity index (χ2v) is 9.03. The molecule has 3 heterocycles. The minimum Gasteiger partial charge on any atom is -0.369 e. The first-order chi connectivity index (χ1) is 14.4. The molecule has 2 aromatic heterocycles. The summed E-state index contributed by atoms with van der Waals surface area (Å²) in [6.07, 6.45) is 8.72. The number of nitrogens with zero attached hydrogens (tertiary/aromatic N) is 5. The lowest BCUT2D eigenvalue weighted by Gasteiger charge is -2.23. The first-order valence-corrected chi connectivity index (χ1v) is 10.2. The third kappa shape index (κ3) is 3.53. The first-order valence-electron chi connectivity index (χ1n) is 10.2. The smallest absolute Gasteiger partial charge is 0.197 e. The molecule has 5 nitrogen and oxygen atoms in total. The standard InChI is InChI=1S/C23H23F2N5/c1-23(2)4-7-30(13-23)19-9-14(8-18(24)20(19)25)16-10-17(16)15-11-28-22(29-12-15)21-26-5-3-6-27-21/h3,5-6,8-9,11-12,16-17H,4,7,10,13H2,1-2H3. The molecule has 30 heavy (non-hydrogen) atoms. The van der Waals surface area contributed by atoms with E-state index < -0.39 is 11.6 Å². The Morgan fingerprint density at radius 3 is 2.27 bits per heavy atom. The number of aromatic nitrogens is 4. The van der Waals surface area contributed by atoms with E-state index in [0.29, 0.717) is 17.3 Å². The summed E-state index contributed by atoms with van der Waals surface area (Å²) in [4.78, 5) is 19.1. The Labute approximate surface area is 174 Å². The number of hydrogen-bond donors (Lipinski definition) is 0. The maximum absolute atomic E-state index is 14.5. The molecular formula is C23H23F2N5. The van der Waals surface area contributed by atoms with Crippen LogP contribution in [0, 0.1) is 17.0 Å². The number of rotatable bonds is 4. The van der Waals surface area contributed by atoms with E-state index in [4.69, 9.17) is 0 Å². The molecule has 5 rings (SSSR count). The summed E-state index contributed by atoms with van der Waals surface area (Å²) in [5, 5.41) is 0. The topological polar surface area (TPSA) is 54.8 Å².